The van der Waals surface area contributed by atoms with Gasteiger partial charge >= 0.3 is 0 Å². The quantitative estimate of drug-likeness (QED) is 0.895. The van der Waals surface area contributed by atoms with Gasteiger partial charge < -0.3 is 14.6 Å². The van der Waals surface area contributed by atoms with E-state index in [0.29, 0.717) is 35.3 Å². The molecule has 1 heterocycles. The van der Waals surface area contributed by atoms with Gasteiger partial charge in [-0.2, -0.15) is 5.26 Å². The molecule has 0 radical (unpaired) electrons. The van der Waals surface area contributed by atoms with E-state index in [2.05, 4.69) is 6.07 Å². The minimum atomic E-state index is -0.934. The van der Waals surface area contributed by atoms with Crippen LogP contribution in [-0.4, -0.2) is 18.3 Å². The summed E-state index contributed by atoms with van der Waals surface area (Å²) in [5, 5.41) is 19.6. The molecule has 1 unspecified atom stereocenters. The first-order valence-electron chi connectivity index (χ1n) is 5.64. The fraction of sp³-hybridized carbons (Fsp3) is 0.462. The number of nitriles is 1. The molecule has 0 saturated heterocycles. The van der Waals surface area contributed by atoms with Gasteiger partial charge in [0.25, 0.3) is 0 Å². The zero-order valence-electron chi connectivity index (χ0n) is 10.2. The molecule has 2 rings (SSSR count). The van der Waals surface area contributed by atoms with Crippen LogP contribution >= 0.6 is 11.6 Å². The minimum absolute atomic E-state index is 0.384. The molecule has 0 aromatic heterocycles. The predicted molar refractivity (Wildman–Crippen MR) is 66.8 cm³/mol. The maximum atomic E-state index is 10.2. The molecule has 1 N–H and O–H groups in total. The van der Waals surface area contributed by atoms with Crippen LogP contribution in [0.2, 0.25) is 5.02 Å². The number of nitrogens with zero attached hydrogens (tertiary/aromatic N) is 1. The van der Waals surface area contributed by atoms with Crippen LogP contribution in [0.15, 0.2) is 12.1 Å². The molecule has 1 aromatic rings. The molecule has 1 atom stereocenters. The van der Waals surface area contributed by atoms with Gasteiger partial charge in [-0.05, 0) is 31.5 Å². The summed E-state index contributed by atoms with van der Waals surface area (Å²) in [4.78, 5) is 0. The summed E-state index contributed by atoms with van der Waals surface area (Å²) in [6.07, 6.45) is -0.934. The summed E-state index contributed by atoms with van der Waals surface area (Å²) in [5.74, 6) is 1.00. The van der Waals surface area contributed by atoms with Crippen molar-refractivity contribution < 1.29 is 14.6 Å². The van der Waals surface area contributed by atoms with Crippen LogP contribution in [0, 0.1) is 16.7 Å². The van der Waals surface area contributed by atoms with E-state index in [4.69, 9.17) is 26.3 Å². The SMILES string of the molecule is CC(C)(C#N)C(O)c1cc(Cl)c2c(c1)OCCO2. The van der Waals surface area contributed by atoms with Crippen molar-refractivity contribution in [2.75, 3.05) is 13.2 Å². The van der Waals surface area contributed by atoms with Gasteiger partial charge in [0, 0.05) is 0 Å². The lowest BCUT2D eigenvalue weighted by Gasteiger charge is -2.26. The summed E-state index contributed by atoms with van der Waals surface area (Å²) in [6, 6.07) is 5.35. The Hall–Kier alpha value is -1.44. The molecule has 4 nitrogen and oxygen atoms in total. The Kier molecular flexibility index (Phi) is 3.38. The summed E-state index contributed by atoms with van der Waals surface area (Å²) in [5.41, 5.74) is -0.344. The van der Waals surface area contributed by atoms with Crippen LogP contribution in [0.3, 0.4) is 0 Å². The van der Waals surface area contributed by atoms with Crippen molar-refractivity contribution in [3.05, 3.63) is 22.7 Å². The van der Waals surface area contributed by atoms with Crippen molar-refractivity contribution in [1.82, 2.24) is 0 Å². The van der Waals surface area contributed by atoms with Crippen LogP contribution in [0.1, 0.15) is 25.5 Å². The lowest BCUT2D eigenvalue weighted by Crippen LogP contribution is -2.21. The fourth-order valence-corrected chi connectivity index (χ4v) is 2.04. The Morgan fingerprint density at radius 2 is 2.06 bits per heavy atom. The summed E-state index contributed by atoms with van der Waals surface area (Å²) >= 11 is 6.09. The van der Waals surface area contributed by atoms with Gasteiger partial charge in [-0.15, -0.1) is 0 Å². The maximum absolute atomic E-state index is 10.2. The monoisotopic (exact) mass is 267 g/mol. The first-order chi connectivity index (χ1) is 8.45. The number of benzene rings is 1. The van der Waals surface area contributed by atoms with Gasteiger partial charge in [0.05, 0.1) is 22.6 Å². The second-order valence-corrected chi connectivity index (χ2v) is 5.17. The van der Waals surface area contributed by atoms with Crippen LogP contribution in [0.4, 0.5) is 0 Å². The Labute approximate surface area is 111 Å². The zero-order chi connectivity index (χ0) is 13.3. The van der Waals surface area contributed by atoms with E-state index in [1.165, 1.54) is 0 Å². The van der Waals surface area contributed by atoms with Crippen LogP contribution in [-0.2, 0) is 0 Å². The number of halogens is 1. The summed E-state index contributed by atoms with van der Waals surface area (Å²) < 4.78 is 10.8. The standard InChI is InChI=1S/C13H14ClNO3/c1-13(2,7-15)12(16)8-5-9(14)11-10(6-8)17-3-4-18-11/h5-6,12,16H,3-4H2,1-2H3. The van der Waals surface area contributed by atoms with Gasteiger partial charge in [-0.25, -0.2) is 0 Å². The average Bonchev–Trinajstić information content (AvgIpc) is 2.37. The lowest BCUT2D eigenvalue weighted by molar-refractivity contribution is 0.0859. The van der Waals surface area contributed by atoms with Gasteiger partial charge in [-0.3, -0.25) is 0 Å². The fourth-order valence-electron chi connectivity index (χ4n) is 1.77. The number of hydrogen-bond acceptors (Lipinski definition) is 4. The molecule has 18 heavy (non-hydrogen) atoms. The highest BCUT2D eigenvalue weighted by atomic mass is 35.5. The smallest absolute Gasteiger partial charge is 0.179 e. The Bertz CT molecular complexity index is 508. The third kappa shape index (κ3) is 2.24. The molecule has 0 bridgehead atoms. The van der Waals surface area contributed by atoms with Gasteiger partial charge in [0.1, 0.15) is 13.2 Å². The van der Waals surface area contributed by atoms with E-state index in [-0.39, 0.29) is 0 Å². The van der Waals surface area contributed by atoms with Crippen LogP contribution < -0.4 is 9.47 Å². The third-order valence-corrected chi connectivity index (χ3v) is 3.19. The highest BCUT2D eigenvalue weighted by molar-refractivity contribution is 6.32. The summed E-state index contributed by atoms with van der Waals surface area (Å²) in [6.45, 7) is 4.24. The number of hydrogen-bond donors (Lipinski definition) is 1. The van der Waals surface area contributed by atoms with Gasteiger partial charge in [-0.1, -0.05) is 11.6 Å². The molecule has 96 valence electrons. The average molecular weight is 268 g/mol. The van der Waals surface area contributed by atoms with Crippen molar-refractivity contribution in [3.8, 4) is 17.6 Å². The van der Waals surface area contributed by atoms with Crippen LogP contribution in [0.25, 0.3) is 0 Å². The van der Waals surface area contributed by atoms with Gasteiger partial charge in [0.2, 0.25) is 0 Å². The van der Waals surface area contributed by atoms with Crippen molar-refractivity contribution in [3.63, 3.8) is 0 Å². The molecule has 1 aliphatic heterocycles. The topological polar surface area (TPSA) is 62.5 Å². The second kappa shape index (κ2) is 4.68. The minimum Gasteiger partial charge on any atom is -0.486 e. The first kappa shape index (κ1) is 13.0. The molecule has 0 saturated carbocycles. The largest absolute Gasteiger partial charge is 0.486 e. The lowest BCUT2D eigenvalue weighted by atomic mass is 9.84. The van der Waals surface area contributed by atoms with Crippen LogP contribution in [0.5, 0.6) is 11.5 Å². The van der Waals surface area contributed by atoms with E-state index >= 15 is 0 Å². The molecule has 1 aromatic carbocycles. The molecular weight excluding hydrogens is 254 g/mol. The van der Waals surface area contributed by atoms with Crippen molar-refractivity contribution in [2.45, 2.75) is 20.0 Å². The number of rotatable bonds is 2. The highest BCUT2D eigenvalue weighted by Gasteiger charge is 2.31. The van der Waals surface area contributed by atoms with E-state index < -0.39 is 11.5 Å². The number of fused-ring (bicyclic) bond motifs is 1. The first-order valence-corrected chi connectivity index (χ1v) is 6.02. The number of aliphatic hydroxyl groups is 1. The Morgan fingerprint density at radius 1 is 1.39 bits per heavy atom. The van der Waals surface area contributed by atoms with Crippen molar-refractivity contribution in [1.29, 1.82) is 5.26 Å². The zero-order valence-corrected chi connectivity index (χ0v) is 11.0. The molecular formula is C13H14ClNO3. The maximum Gasteiger partial charge on any atom is 0.179 e. The molecule has 5 heteroatoms. The Morgan fingerprint density at radius 3 is 2.72 bits per heavy atom. The molecule has 0 amide bonds. The Balaban J connectivity index is 2.42. The van der Waals surface area contributed by atoms with Crippen molar-refractivity contribution in [2.24, 2.45) is 5.41 Å². The van der Waals surface area contributed by atoms with Gasteiger partial charge in [0.15, 0.2) is 11.5 Å². The second-order valence-electron chi connectivity index (χ2n) is 4.76. The molecule has 0 spiro atoms. The molecule has 0 aliphatic carbocycles. The summed E-state index contributed by atoms with van der Waals surface area (Å²) in [7, 11) is 0. The number of aliphatic hydroxyl groups excluding tert-OH is 1. The van der Waals surface area contributed by atoms with E-state index in [1.54, 1.807) is 26.0 Å². The normalized spacial score (nSPS) is 15.9. The number of ether oxygens (including phenoxy) is 2. The van der Waals surface area contributed by atoms with E-state index in [9.17, 15) is 5.11 Å². The molecule has 0 fully saturated rings. The third-order valence-electron chi connectivity index (χ3n) is 2.91. The molecule has 1 aliphatic rings. The highest BCUT2D eigenvalue weighted by Crippen LogP contribution is 2.42. The predicted octanol–water partition coefficient (Wildman–Crippen LogP) is 2.69. The van der Waals surface area contributed by atoms with E-state index in [0.717, 1.165) is 0 Å². The van der Waals surface area contributed by atoms with Crippen molar-refractivity contribution >= 4 is 11.6 Å². The van der Waals surface area contributed by atoms with E-state index in [1.807, 2.05) is 0 Å².